The lowest BCUT2D eigenvalue weighted by Gasteiger charge is -2.07. The Morgan fingerprint density at radius 1 is 1.09 bits per heavy atom. The highest BCUT2D eigenvalue weighted by molar-refractivity contribution is 5.85. The van der Waals surface area contributed by atoms with Crippen molar-refractivity contribution in [2.45, 2.75) is 20.1 Å². The molecule has 3 aromatic rings. The Balaban J connectivity index is 1.87. The minimum absolute atomic E-state index is 0.278. The maximum Gasteiger partial charge on any atom is 0.123 e. The van der Waals surface area contributed by atoms with E-state index in [4.69, 9.17) is 9.47 Å². The van der Waals surface area contributed by atoms with Crippen molar-refractivity contribution in [2.24, 2.45) is 0 Å². The number of rotatable bonds is 5. The molecule has 0 amide bonds. The first-order valence-electron chi connectivity index (χ1n) is 7.29. The monoisotopic (exact) mass is 297 g/mol. The molecule has 0 aliphatic carbocycles. The van der Waals surface area contributed by atoms with Gasteiger partial charge in [0.1, 0.15) is 23.9 Å². The van der Waals surface area contributed by atoms with Crippen LogP contribution in [-0.4, -0.2) is 16.8 Å². The Labute approximate surface area is 129 Å². The molecule has 22 heavy (non-hydrogen) atoms. The van der Waals surface area contributed by atoms with Gasteiger partial charge in [-0.15, -0.1) is 0 Å². The van der Waals surface area contributed by atoms with Crippen LogP contribution in [-0.2, 0) is 13.2 Å². The molecule has 3 rings (SSSR count). The maximum absolute atomic E-state index is 9.67. The molecule has 0 fully saturated rings. The summed E-state index contributed by atoms with van der Waals surface area (Å²) in [6.45, 7) is 3.40. The smallest absolute Gasteiger partial charge is 0.123 e. The summed E-state index contributed by atoms with van der Waals surface area (Å²) in [7, 11) is 1.64. The molecule has 1 N–H and O–H groups in total. The average Bonchev–Trinajstić information content (AvgIpc) is 2.90. The molecule has 0 aliphatic heterocycles. The van der Waals surface area contributed by atoms with E-state index in [9.17, 15) is 5.11 Å². The van der Waals surface area contributed by atoms with Crippen LogP contribution < -0.4 is 9.47 Å². The van der Waals surface area contributed by atoms with Gasteiger partial charge >= 0.3 is 0 Å². The van der Waals surface area contributed by atoms with Crippen molar-refractivity contribution in [1.82, 2.24) is 4.57 Å². The van der Waals surface area contributed by atoms with Crippen LogP contribution in [0, 0.1) is 0 Å². The number of phenols is 1. The molecule has 0 atom stereocenters. The number of methoxy groups -OCH3 is 1. The second-order valence-electron chi connectivity index (χ2n) is 5.11. The number of benzene rings is 2. The zero-order valence-corrected chi connectivity index (χ0v) is 12.7. The lowest BCUT2D eigenvalue weighted by molar-refractivity contribution is 0.304. The number of ether oxygens (including phenoxy) is 2. The Morgan fingerprint density at radius 2 is 1.91 bits per heavy atom. The van der Waals surface area contributed by atoms with Crippen LogP contribution in [0.4, 0.5) is 0 Å². The third-order valence-corrected chi connectivity index (χ3v) is 3.72. The van der Waals surface area contributed by atoms with Gasteiger partial charge in [-0.1, -0.05) is 6.07 Å². The molecule has 4 nitrogen and oxygen atoms in total. The van der Waals surface area contributed by atoms with Crippen LogP contribution in [0.2, 0.25) is 0 Å². The molecule has 0 spiro atoms. The van der Waals surface area contributed by atoms with E-state index in [1.165, 1.54) is 0 Å². The molecule has 0 saturated carbocycles. The van der Waals surface area contributed by atoms with Crippen molar-refractivity contribution in [2.75, 3.05) is 7.11 Å². The standard InChI is InChI=1S/C18H19NO3/c1-3-19-11-13(17-8-7-14(20)9-18(17)19)12-22-16-6-4-5-15(10-16)21-2/h4-11,20H,3,12H2,1-2H3. The fraction of sp³-hybridized carbons (Fsp3) is 0.222. The van der Waals surface area contributed by atoms with Crippen molar-refractivity contribution in [1.29, 1.82) is 0 Å². The predicted molar refractivity (Wildman–Crippen MR) is 86.6 cm³/mol. The van der Waals surface area contributed by atoms with Gasteiger partial charge in [0, 0.05) is 35.8 Å². The number of nitrogens with zero attached hydrogens (tertiary/aromatic N) is 1. The van der Waals surface area contributed by atoms with Crippen LogP contribution in [0.3, 0.4) is 0 Å². The van der Waals surface area contributed by atoms with E-state index < -0.39 is 0 Å². The van der Waals surface area contributed by atoms with Crippen molar-refractivity contribution in [3.63, 3.8) is 0 Å². The first kappa shape index (κ1) is 14.3. The second-order valence-corrected chi connectivity index (χ2v) is 5.11. The van der Waals surface area contributed by atoms with E-state index in [2.05, 4.69) is 17.7 Å². The summed E-state index contributed by atoms with van der Waals surface area (Å²) in [5, 5.41) is 10.8. The van der Waals surface area contributed by atoms with Gasteiger partial charge < -0.3 is 19.1 Å². The van der Waals surface area contributed by atoms with Gasteiger partial charge in [-0.25, -0.2) is 0 Å². The van der Waals surface area contributed by atoms with Gasteiger partial charge in [-0.3, -0.25) is 0 Å². The Bertz CT molecular complexity index is 792. The number of hydrogen-bond acceptors (Lipinski definition) is 3. The summed E-state index contributed by atoms with van der Waals surface area (Å²) >= 11 is 0. The molecular weight excluding hydrogens is 278 g/mol. The van der Waals surface area contributed by atoms with E-state index in [1.54, 1.807) is 19.2 Å². The highest BCUT2D eigenvalue weighted by atomic mass is 16.5. The molecule has 0 unspecified atom stereocenters. The van der Waals surface area contributed by atoms with Gasteiger partial charge in [0.05, 0.1) is 12.6 Å². The molecule has 0 bridgehead atoms. The zero-order valence-electron chi connectivity index (χ0n) is 12.7. The van der Waals surface area contributed by atoms with Crippen molar-refractivity contribution in [3.05, 3.63) is 54.2 Å². The number of aromatic nitrogens is 1. The first-order chi connectivity index (χ1) is 10.7. The van der Waals surface area contributed by atoms with Crippen LogP contribution >= 0.6 is 0 Å². The summed E-state index contributed by atoms with van der Waals surface area (Å²) in [6.07, 6.45) is 2.07. The Morgan fingerprint density at radius 3 is 2.68 bits per heavy atom. The van der Waals surface area contributed by atoms with Gasteiger partial charge in [-0.2, -0.15) is 0 Å². The van der Waals surface area contributed by atoms with Crippen LogP contribution in [0.5, 0.6) is 17.2 Å². The van der Waals surface area contributed by atoms with Crippen molar-refractivity contribution in [3.8, 4) is 17.2 Å². The number of hydrogen-bond donors (Lipinski definition) is 1. The van der Waals surface area contributed by atoms with E-state index in [1.807, 2.05) is 30.3 Å². The SMILES string of the molecule is CCn1cc(COc2cccc(OC)c2)c2ccc(O)cc21. The zero-order chi connectivity index (χ0) is 15.5. The normalized spacial score (nSPS) is 10.8. The third-order valence-electron chi connectivity index (χ3n) is 3.72. The third kappa shape index (κ3) is 2.72. The predicted octanol–water partition coefficient (Wildman–Crippen LogP) is 3.95. The minimum atomic E-state index is 0.278. The van der Waals surface area contributed by atoms with Crippen LogP contribution in [0.25, 0.3) is 10.9 Å². The second kappa shape index (κ2) is 6.02. The van der Waals surface area contributed by atoms with Gasteiger partial charge in [0.2, 0.25) is 0 Å². The van der Waals surface area contributed by atoms with E-state index in [-0.39, 0.29) is 5.75 Å². The average molecular weight is 297 g/mol. The topological polar surface area (TPSA) is 43.6 Å². The van der Waals surface area contributed by atoms with E-state index in [0.29, 0.717) is 6.61 Å². The first-order valence-corrected chi connectivity index (χ1v) is 7.29. The summed E-state index contributed by atoms with van der Waals surface area (Å²) in [5.41, 5.74) is 2.12. The van der Waals surface area contributed by atoms with Crippen molar-refractivity contribution >= 4 is 10.9 Å². The van der Waals surface area contributed by atoms with Crippen LogP contribution in [0.15, 0.2) is 48.7 Å². The van der Waals surface area contributed by atoms with E-state index in [0.717, 1.165) is 34.5 Å². The van der Waals surface area contributed by atoms with Crippen molar-refractivity contribution < 1.29 is 14.6 Å². The molecule has 0 saturated heterocycles. The molecule has 0 radical (unpaired) electrons. The lowest BCUT2D eigenvalue weighted by Crippen LogP contribution is -1.95. The number of fused-ring (bicyclic) bond motifs is 1. The molecule has 1 aromatic heterocycles. The molecular formula is C18H19NO3. The largest absolute Gasteiger partial charge is 0.508 e. The minimum Gasteiger partial charge on any atom is -0.508 e. The maximum atomic E-state index is 9.67. The number of aryl methyl sites for hydroxylation is 1. The summed E-state index contributed by atoms with van der Waals surface area (Å²) < 4.78 is 13.2. The summed E-state index contributed by atoms with van der Waals surface area (Å²) in [5.74, 6) is 1.83. The Kier molecular flexibility index (Phi) is 3.92. The molecule has 114 valence electrons. The summed E-state index contributed by atoms with van der Waals surface area (Å²) in [6, 6.07) is 13.0. The van der Waals surface area contributed by atoms with Gasteiger partial charge in [0.15, 0.2) is 0 Å². The highest BCUT2D eigenvalue weighted by Crippen LogP contribution is 2.27. The molecule has 2 aromatic carbocycles. The highest BCUT2D eigenvalue weighted by Gasteiger charge is 2.09. The quantitative estimate of drug-likeness (QED) is 0.775. The Hall–Kier alpha value is -2.62. The fourth-order valence-corrected chi connectivity index (χ4v) is 2.59. The molecule has 0 aliphatic rings. The molecule has 4 heteroatoms. The van der Waals surface area contributed by atoms with E-state index >= 15 is 0 Å². The van der Waals surface area contributed by atoms with Gasteiger partial charge in [-0.05, 0) is 31.2 Å². The fourth-order valence-electron chi connectivity index (χ4n) is 2.59. The molecule has 1 heterocycles. The lowest BCUT2D eigenvalue weighted by atomic mass is 10.2. The number of aromatic hydroxyl groups is 1. The summed E-state index contributed by atoms with van der Waals surface area (Å²) in [4.78, 5) is 0. The van der Waals surface area contributed by atoms with Crippen LogP contribution in [0.1, 0.15) is 12.5 Å². The van der Waals surface area contributed by atoms with Gasteiger partial charge in [0.25, 0.3) is 0 Å². The number of phenolic OH excluding ortho intramolecular Hbond substituents is 1.